The van der Waals surface area contributed by atoms with Crippen LogP contribution >= 0.6 is 0 Å². The second-order valence-corrected chi connectivity index (χ2v) is 13.1. The monoisotopic (exact) mass is 620 g/mol. The number of benzene rings is 3. The van der Waals surface area contributed by atoms with E-state index < -0.39 is 5.60 Å². The van der Waals surface area contributed by atoms with Crippen molar-refractivity contribution in [2.24, 2.45) is 0 Å². The lowest BCUT2D eigenvalue weighted by atomic mass is 9.98. The first kappa shape index (κ1) is 31.4. The summed E-state index contributed by atoms with van der Waals surface area (Å²) in [6.45, 7) is 13.8. The van der Waals surface area contributed by atoms with Crippen molar-refractivity contribution in [2.45, 2.75) is 52.6 Å². The highest BCUT2D eigenvalue weighted by Crippen LogP contribution is 2.36. The Morgan fingerprint density at radius 2 is 1.39 bits per heavy atom. The number of hydrogen-bond donors (Lipinski definition) is 0. The highest BCUT2D eigenvalue weighted by Gasteiger charge is 2.35. The van der Waals surface area contributed by atoms with Gasteiger partial charge in [-0.1, -0.05) is 66.7 Å². The maximum absolute atomic E-state index is 12.5. The number of hydrogen-bond acceptors (Lipinski definition) is 7. The van der Waals surface area contributed by atoms with Gasteiger partial charge < -0.3 is 24.0 Å². The van der Waals surface area contributed by atoms with Crippen molar-refractivity contribution in [2.75, 3.05) is 44.2 Å². The van der Waals surface area contributed by atoms with E-state index in [1.807, 2.05) is 86.3 Å². The van der Waals surface area contributed by atoms with Crippen LogP contribution in [0.3, 0.4) is 0 Å². The van der Waals surface area contributed by atoms with Gasteiger partial charge in [-0.05, 0) is 68.1 Å². The van der Waals surface area contributed by atoms with Gasteiger partial charge in [0.15, 0.2) is 0 Å². The third-order valence-corrected chi connectivity index (χ3v) is 8.49. The van der Waals surface area contributed by atoms with E-state index in [1.165, 1.54) is 5.69 Å². The van der Waals surface area contributed by atoms with E-state index in [0.717, 1.165) is 54.0 Å². The Morgan fingerprint density at radius 3 is 2.00 bits per heavy atom. The molecule has 2 aliphatic heterocycles. The first-order valence-electron chi connectivity index (χ1n) is 16.1. The van der Waals surface area contributed by atoms with Crippen molar-refractivity contribution in [1.29, 1.82) is 0 Å². The zero-order valence-corrected chi connectivity index (χ0v) is 27.3. The highest BCUT2D eigenvalue weighted by atomic mass is 16.6. The maximum Gasteiger partial charge on any atom is 0.410 e. The van der Waals surface area contributed by atoms with E-state index >= 15 is 0 Å². The number of rotatable bonds is 9. The van der Waals surface area contributed by atoms with Crippen molar-refractivity contribution < 1.29 is 19.0 Å². The largest absolute Gasteiger partial charge is 0.473 e. The van der Waals surface area contributed by atoms with E-state index in [9.17, 15) is 4.79 Å². The quantitative estimate of drug-likeness (QED) is 0.201. The molecule has 0 saturated carbocycles. The van der Waals surface area contributed by atoms with E-state index in [4.69, 9.17) is 19.2 Å². The number of aromatic nitrogens is 1. The SMILES string of the molecule is Cc1cc(N2CC(N3CCN(C(=O)OC(C)(C)C)CC3)C2)ccc1-c1ccc(OCc2ccccc2)nc1OCc1ccccc1. The predicted molar refractivity (Wildman–Crippen MR) is 181 cm³/mol. The third kappa shape index (κ3) is 7.80. The average Bonchev–Trinajstić information content (AvgIpc) is 3.03. The predicted octanol–water partition coefficient (Wildman–Crippen LogP) is 6.96. The second-order valence-electron chi connectivity index (χ2n) is 13.1. The fourth-order valence-corrected chi connectivity index (χ4v) is 5.92. The number of pyridine rings is 1. The molecule has 46 heavy (non-hydrogen) atoms. The molecule has 2 saturated heterocycles. The van der Waals surface area contributed by atoms with Crippen molar-refractivity contribution in [3.8, 4) is 22.9 Å². The normalized spacial score (nSPS) is 15.7. The molecule has 1 amide bonds. The molecule has 8 nitrogen and oxygen atoms in total. The summed E-state index contributed by atoms with van der Waals surface area (Å²) >= 11 is 0. The Balaban J connectivity index is 1.10. The number of anilines is 1. The van der Waals surface area contributed by atoms with E-state index in [1.54, 1.807) is 0 Å². The fourth-order valence-electron chi connectivity index (χ4n) is 5.92. The van der Waals surface area contributed by atoms with Gasteiger partial charge in [0.05, 0.1) is 0 Å². The first-order valence-corrected chi connectivity index (χ1v) is 16.1. The molecule has 240 valence electrons. The van der Waals surface area contributed by atoms with Crippen molar-refractivity contribution in [1.82, 2.24) is 14.8 Å². The molecule has 1 aromatic heterocycles. The Kier molecular flexibility index (Phi) is 9.45. The summed E-state index contributed by atoms with van der Waals surface area (Å²) in [5, 5.41) is 0. The summed E-state index contributed by atoms with van der Waals surface area (Å²) < 4.78 is 17.9. The highest BCUT2D eigenvalue weighted by molar-refractivity contribution is 5.74. The Morgan fingerprint density at radius 1 is 0.783 bits per heavy atom. The van der Waals surface area contributed by atoms with Gasteiger partial charge in [-0.15, -0.1) is 0 Å². The Labute approximate surface area is 272 Å². The Hall–Kier alpha value is -4.56. The van der Waals surface area contributed by atoms with Crippen LogP contribution in [0.2, 0.25) is 0 Å². The lowest BCUT2D eigenvalue weighted by Gasteiger charge is -2.49. The fraction of sp³-hybridized carbons (Fsp3) is 0.368. The second kappa shape index (κ2) is 13.8. The van der Waals surface area contributed by atoms with Gasteiger partial charge in [0.1, 0.15) is 18.8 Å². The van der Waals surface area contributed by atoms with E-state index in [-0.39, 0.29) is 6.09 Å². The molecule has 3 heterocycles. The molecule has 2 aliphatic rings. The Bertz CT molecular complexity index is 1610. The van der Waals surface area contributed by atoms with Gasteiger partial charge in [-0.3, -0.25) is 4.90 Å². The van der Waals surface area contributed by atoms with E-state index in [0.29, 0.717) is 44.1 Å². The van der Waals surface area contributed by atoms with E-state index in [2.05, 4.69) is 47.1 Å². The maximum atomic E-state index is 12.5. The van der Waals surface area contributed by atoms with Gasteiger partial charge in [-0.2, -0.15) is 4.98 Å². The molecule has 4 aromatic rings. The number of amides is 1. The third-order valence-electron chi connectivity index (χ3n) is 8.49. The molecule has 0 bridgehead atoms. The minimum Gasteiger partial charge on any atom is -0.473 e. The molecule has 6 rings (SSSR count). The molecule has 2 fully saturated rings. The molecule has 0 spiro atoms. The molecule has 3 aromatic carbocycles. The molecular formula is C38H44N4O4. The molecule has 0 radical (unpaired) electrons. The van der Waals surface area contributed by atoms with Crippen LogP contribution in [0.5, 0.6) is 11.8 Å². The van der Waals surface area contributed by atoms with Gasteiger partial charge in [0.2, 0.25) is 11.8 Å². The summed E-state index contributed by atoms with van der Waals surface area (Å²) in [6.07, 6.45) is -0.212. The van der Waals surface area contributed by atoms with Crippen LogP contribution in [-0.4, -0.2) is 71.8 Å². The number of carbonyl (C=O) groups is 1. The van der Waals surface area contributed by atoms with Gasteiger partial charge >= 0.3 is 6.09 Å². The number of carbonyl (C=O) groups excluding carboxylic acids is 1. The first-order chi connectivity index (χ1) is 22.2. The zero-order valence-electron chi connectivity index (χ0n) is 27.3. The standard InChI is InChI=1S/C38H44N4O4/c1-28-23-31(42-24-32(25-42)40-19-21-41(22-20-40)37(43)46-38(2,3)4)15-16-33(28)34-17-18-35(44-26-29-11-7-5-8-12-29)39-36(34)45-27-30-13-9-6-10-14-30/h5-18,23,32H,19-22,24-27H2,1-4H3. The van der Waals surface area contributed by atoms with Crippen LogP contribution in [-0.2, 0) is 18.0 Å². The van der Waals surface area contributed by atoms with Crippen molar-refractivity contribution >= 4 is 11.8 Å². The minimum absolute atomic E-state index is 0.212. The van der Waals surface area contributed by atoms with Crippen LogP contribution in [0, 0.1) is 6.92 Å². The molecule has 0 aliphatic carbocycles. The summed E-state index contributed by atoms with van der Waals surface area (Å²) in [5.74, 6) is 1.09. The summed E-state index contributed by atoms with van der Waals surface area (Å²) in [6, 6.07) is 31.3. The van der Waals surface area contributed by atoms with Crippen LogP contribution in [0.4, 0.5) is 10.5 Å². The molecule has 8 heteroatoms. The summed E-state index contributed by atoms with van der Waals surface area (Å²) in [4.78, 5) is 24.0. The number of piperazine rings is 1. The number of nitrogens with zero attached hydrogens (tertiary/aromatic N) is 4. The topological polar surface area (TPSA) is 67.4 Å². The van der Waals surface area contributed by atoms with Crippen LogP contribution in [0.25, 0.3) is 11.1 Å². The smallest absolute Gasteiger partial charge is 0.410 e. The molecule has 0 unspecified atom stereocenters. The lowest BCUT2D eigenvalue weighted by Crippen LogP contribution is -2.63. The molecule has 0 atom stereocenters. The lowest BCUT2D eigenvalue weighted by molar-refractivity contribution is 0.00876. The van der Waals surface area contributed by atoms with Crippen LogP contribution < -0.4 is 14.4 Å². The minimum atomic E-state index is -0.468. The molecular weight excluding hydrogens is 576 g/mol. The molecule has 0 N–H and O–H groups in total. The van der Waals surface area contributed by atoms with Gasteiger partial charge in [-0.25, -0.2) is 4.79 Å². The van der Waals surface area contributed by atoms with Gasteiger partial charge in [0.25, 0.3) is 0 Å². The summed E-state index contributed by atoms with van der Waals surface area (Å²) in [5.41, 5.74) is 6.10. The van der Waals surface area contributed by atoms with Crippen LogP contribution in [0.15, 0.2) is 91.0 Å². The van der Waals surface area contributed by atoms with Crippen LogP contribution in [0.1, 0.15) is 37.5 Å². The van der Waals surface area contributed by atoms with Crippen molar-refractivity contribution in [3.05, 3.63) is 108 Å². The van der Waals surface area contributed by atoms with Gasteiger partial charge in [0, 0.05) is 62.6 Å². The average molecular weight is 621 g/mol. The van der Waals surface area contributed by atoms with Crippen molar-refractivity contribution in [3.63, 3.8) is 0 Å². The summed E-state index contributed by atoms with van der Waals surface area (Å²) in [7, 11) is 0. The number of aryl methyl sites for hydroxylation is 1. The number of ether oxygens (including phenoxy) is 3. The zero-order chi connectivity index (χ0) is 32.1.